The van der Waals surface area contributed by atoms with Crippen LogP contribution in [0.4, 0.5) is 5.69 Å². The van der Waals surface area contributed by atoms with Gasteiger partial charge in [-0.05, 0) is 24.3 Å². The number of anilines is 1. The van der Waals surface area contributed by atoms with Gasteiger partial charge >= 0.3 is 0 Å². The molecule has 17 heavy (non-hydrogen) atoms. The second-order valence-electron chi connectivity index (χ2n) is 3.62. The Morgan fingerprint density at radius 1 is 1.00 bits per heavy atom. The number of hydrogen-bond donors (Lipinski definition) is 1. The van der Waals surface area contributed by atoms with Gasteiger partial charge in [-0.15, -0.1) is 0 Å². The Morgan fingerprint density at radius 2 is 1.71 bits per heavy atom. The zero-order valence-corrected chi connectivity index (χ0v) is 9.51. The summed E-state index contributed by atoms with van der Waals surface area (Å²) in [5.74, 6) is 1.37. The Bertz CT molecular complexity index is 509. The normalized spacial score (nSPS) is 9.71. The maximum Gasteiger partial charge on any atom is 0.221 e. The van der Waals surface area contributed by atoms with Crippen molar-refractivity contribution in [2.75, 3.05) is 5.32 Å². The smallest absolute Gasteiger partial charge is 0.221 e. The predicted octanol–water partition coefficient (Wildman–Crippen LogP) is 3.44. The van der Waals surface area contributed by atoms with Crippen LogP contribution in [-0.2, 0) is 4.79 Å². The van der Waals surface area contributed by atoms with Crippen molar-refractivity contribution in [3.05, 3.63) is 54.6 Å². The average Bonchev–Trinajstić information content (AvgIpc) is 2.30. The number of hydrogen-bond acceptors (Lipinski definition) is 2. The van der Waals surface area contributed by atoms with Gasteiger partial charge in [0.15, 0.2) is 0 Å². The number of rotatable bonds is 3. The van der Waals surface area contributed by atoms with Crippen LogP contribution in [0, 0.1) is 0 Å². The Kier molecular flexibility index (Phi) is 3.40. The molecule has 0 radical (unpaired) electrons. The van der Waals surface area contributed by atoms with Crippen molar-refractivity contribution in [3.63, 3.8) is 0 Å². The minimum absolute atomic E-state index is 0.0955. The summed E-state index contributed by atoms with van der Waals surface area (Å²) in [6.07, 6.45) is 0. The number of carbonyl (C=O) groups excluding carboxylic acids is 1. The SMILES string of the molecule is CC(=O)Nc1cccc(Oc2ccccc2)c1. The van der Waals surface area contributed by atoms with Crippen LogP contribution < -0.4 is 10.1 Å². The molecule has 2 aromatic rings. The van der Waals surface area contributed by atoms with E-state index in [1.807, 2.05) is 48.5 Å². The molecule has 0 saturated carbocycles. The van der Waals surface area contributed by atoms with Crippen LogP contribution in [0.25, 0.3) is 0 Å². The summed E-state index contributed by atoms with van der Waals surface area (Å²) in [5.41, 5.74) is 0.728. The van der Waals surface area contributed by atoms with E-state index in [4.69, 9.17) is 4.74 Å². The molecule has 2 aromatic carbocycles. The molecule has 0 aliphatic heterocycles. The van der Waals surface area contributed by atoms with E-state index in [0.717, 1.165) is 11.4 Å². The topological polar surface area (TPSA) is 38.3 Å². The monoisotopic (exact) mass is 227 g/mol. The van der Waals surface area contributed by atoms with Gasteiger partial charge in [-0.25, -0.2) is 0 Å². The summed E-state index contributed by atoms with van der Waals surface area (Å²) in [7, 11) is 0. The standard InChI is InChI=1S/C14H13NO2/c1-11(16)15-12-6-5-9-14(10-12)17-13-7-3-2-4-8-13/h2-10H,1H3,(H,15,16). The van der Waals surface area contributed by atoms with Gasteiger partial charge < -0.3 is 10.1 Å². The molecule has 3 heteroatoms. The van der Waals surface area contributed by atoms with Crippen molar-refractivity contribution in [1.82, 2.24) is 0 Å². The predicted molar refractivity (Wildman–Crippen MR) is 67.3 cm³/mol. The lowest BCUT2D eigenvalue weighted by molar-refractivity contribution is -0.114. The molecule has 0 spiro atoms. The molecule has 1 amide bonds. The fraction of sp³-hybridized carbons (Fsp3) is 0.0714. The van der Waals surface area contributed by atoms with Crippen molar-refractivity contribution in [2.45, 2.75) is 6.92 Å². The molecular formula is C14H13NO2. The molecule has 0 aliphatic rings. The van der Waals surface area contributed by atoms with Crippen molar-refractivity contribution in [3.8, 4) is 11.5 Å². The van der Waals surface area contributed by atoms with Crippen molar-refractivity contribution < 1.29 is 9.53 Å². The number of para-hydroxylation sites is 1. The van der Waals surface area contributed by atoms with Crippen LogP contribution in [0.1, 0.15) is 6.92 Å². The van der Waals surface area contributed by atoms with E-state index in [1.54, 1.807) is 6.07 Å². The van der Waals surface area contributed by atoms with Gasteiger partial charge in [-0.2, -0.15) is 0 Å². The first-order valence-corrected chi connectivity index (χ1v) is 5.34. The Morgan fingerprint density at radius 3 is 2.41 bits per heavy atom. The largest absolute Gasteiger partial charge is 0.457 e. The maximum atomic E-state index is 10.9. The molecule has 3 nitrogen and oxygen atoms in total. The number of nitrogens with one attached hydrogen (secondary N) is 1. The molecule has 0 unspecified atom stereocenters. The zero-order chi connectivity index (χ0) is 12.1. The van der Waals surface area contributed by atoms with E-state index in [-0.39, 0.29) is 5.91 Å². The first kappa shape index (κ1) is 11.2. The Hall–Kier alpha value is -2.29. The highest BCUT2D eigenvalue weighted by Gasteiger charge is 1.99. The molecule has 0 saturated heterocycles. The summed E-state index contributed by atoms with van der Waals surface area (Å²) >= 11 is 0. The summed E-state index contributed by atoms with van der Waals surface area (Å²) in [4.78, 5) is 10.9. The van der Waals surface area contributed by atoms with Crippen LogP contribution in [0.2, 0.25) is 0 Å². The molecule has 0 bridgehead atoms. The van der Waals surface area contributed by atoms with Gasteiger partial charge in [0.2, 0.25) is 5.91 Å². The number of ether oxygens (including phenoxy) is 1. The summed E-state index contributed by atoms with van der Waals surface area (Å²) in [5, 5.41) is 2.71. The highest BCUT2D eigenvalue weighted by Crippen LogP contribution is 2.23. The summed E-state index contributed by atoms with van der Waals surface area (Å²) < 4.78 is 5.65. The molecular weight excluding hydrogens is 214 g/mol. The highest BCUT2D eigenvalue weighted by atomic mass is 16.5. The Labute approximate surface area is 100 Å². The van der Waals surface area contributed by atoms with Crippen LogP contribution in [0.5, 0.6) is 11.5 Å². The van der Waals surface area contributed by atoms with Crippen LogP contribution in [-0.4, -0.2) is 5.91 Å². The Balaban J connectivity index is 2.14. The van der Waals surface area contributed by atoms with E-state index in [1.165, 1.54) is 6.92 Å². The van der Waals surface area contributed by atoms with Crippen molar-refractivity contribution >= 4 is 11.6 Å². The molecule has 1 N–H and O–H groups in total. The maximum absolute atomic E-state index is 10.9. The van der Waals surface area contributed by atoms with Gasteiger partial charge in [0.25, 0.3) is 0 Å². The lowest BCUT2D eigenvalue weighted by atomic mass is 10.3. The fourth-order valence-corrected chi connectivity index (χ4v) is 1.47. The first-order valence-electron chi connectivity index (χ1n) is 5.34. The van der Waals surface area contributed by atoms with Gasteiger partial charge in [-0.3, -0.25) is 4.79 Å². The van der Waals surface area contributed by atoms with Crippen LogP contribution >= 0.6 is 0 Å². The third kappa shape index (κ3) is 3.34. The number of benzene rings is 2. The number of carbonyl (C=O) groups is 1. The molecule has 0 atom stereocenters. The van der Waals surface area contributed by atoms with Gasteiger partial charge in [0, 0.05) is 18.7 Å². The van der Waals surface area contributed by atoms with Crippen LogP contribution in [0.3, 0.4) is 0 Å². The summed E-state index contributed by atoms with van der Waals surface area (Å²) in [6, 6.07) is 16.8. The van der Waals surface area contributed by atoms with Gasteiger partial charge in [0.1, 0.15) is 11.5 Å². The molecule has 0 heterocycles. The number of amides is 1. The highest BCUT2D eigenvalue weighted by molar-refractivity contribution is 5.88. The molecule has 0 aliphatic carbocycles. The van der Waals surface area contributed by atoms with Crippen molar-refractivity contribution in [1.29, 1.82) is 0 Å². The van der Waals surface area contributed by atoms with Gasteiger partial charge in [-0.1, -0.05) is 24.3 Å². The lowest BCUT2D eigenvalue weighted by Crippen LogP contribution is -2.05. The van der Waals surface area contributed by atoms with Crippen LogP contribution in [0.15, 0.2) is 54.6 Å². The van der Waals surface area contributed by atoms with Gasteiger partial charge in [0.05, 0.1) is 0 Å². The van der Waals surface area contributed by atoms with E-state index in [2.05, 4.69) is 5.32 Å². The molecule has 86 valence electrons. The quantitative estimate of drug-likeness (QED) is 0.872. The fourth-order valence-electron chi connectivity index (χ4n) is 1.47. The van der Waals surface area contributed by atoms with E-state index in [9.17, 15) is 4.79 Å². The molecule has 2 rings (SSSR count). The second-order valence-corrected chi connectivity index (χ2v) is 3.62. The minimum Gasteiger partial charge on any atom is -0.457 e. The second kappa shape index (κ2) is 5.16. The minimum atomic E-state index is -0.0955. The van der Waals surface area contributed by atoms with Crippen molar-refractivity contribution in [2.24, 2.45) is 0 Å². The van der Waals surface area contributed by atoms with E-state index in [0.29, 0.717) is 5.75 Å². The zero-order valence-electron chi connectivity index (χ0n) is 9.51. The summed E-state index contributed by atoms with van der Waals surface area (Å²) in [6.45, 7) is 1.48. The third-order valence-corrected chi connectivity index (χ3v) is 2.13. The third-order valence-electron chi connectivity index (χ3n) is 2.13. The first-order chi connectivity index (χ1) is 8.24. The van der Waals surface area contributed by atoms with E-state index < -0.39 is 0 Å². The molecule has 0 fully saturated rings. The molecule has 0 aromatic heterocycles. The lowest BCUT2D eigenvalue weighted by Gasteiger charge is -2.07. The van der Waals surface area contributed by atoms with E-state index >= 15 is 0 Å². The average molecular weight is 227 g/mol.